The van der Waals surface area contributed by atoms with E-state index in [2.05, 4.69) is 15.5 Å². The van der Waals surface area contributed by atoms with Crippen LogP contribution in [0.15, 0.2) is 42.5 Å². The monoisotopic (exact) mass is 305 g/mol. The minimum Gasteiger partial charge on any atom is -0.321 e. The van der Waals surface area contributed by atoms with Gasteiger partial charge in [0.2, 0.25) is 0 Å². The van der Waals surface area contributed by atoms with Gasteiger partial charge in [-0.1, -0.05) is 41.4 Å². The topological polar surface area (TPSA) is 57.8 Å². The van der Waals surface area contributed by atoms with Gasteiger partial charge in [0.1, 0.15) is 0 Å². The molecule has 0 saturated heterocycles. The van der Waals surface area contributed by atoms with Crippen molar-refractivity contribution in [1.29, 1.82) is 0 Å². The van der Waals surface area contributed by atoms with Gasteiger partial charge in [0.25, 0.3) is 5.91 Å². The molecule has 3 rings (SSSR count). The first-order valence-electron chi connectivity index (χ1n) is 5.84. The number of halogens is 2. The number of hydrogen-bond donors (Lipinski definition) is 2. The van der Waals surface area contributed by atoms with Gasteiger partial charge in [-0.05, 0) is 24.3 Å². The number of carbonyl (C=O) groups is 1. The molecule has 0 radical (unpaired) electrons. The Morgan fingerprint density at radius 3 is 2.70 bits per heavy atom. The largest absolute Gasteiger partial charge is 0.321 e. The van der Waals surface area contributed by atoms with Crippen LogP contribution in [-0.4, -0.2) is 16.1 Å². The van der Waals surface area contributed by atoms with E-state index >= 15 is 0 Å². The van der Waals surface area contributed by atoms with Crippen molar-refractivity contribution in [3.63, 3.8) is 0 Å². The molecular formula is C14H9Cl2N3O. The van der Waals surface area contributed by atoms with Crippen LogP contribution in [0, 0.1) is 0 Å². The zero-order valence-electron chi connectivity index (χ0n) is 10.2. The standard InChI is InChI=1S/C14H9Cl2N3O/c15-10-6-5-8(7-11(10)16)17-14(20)13-9-3-1-2-4-12(9)18-19-13/h1-7H,(H,17,20)(H,18,19). The van der Waals surface area contributed by atoms with Gasteiger partial charge in [0.05, 0.1) is 15.6 Å². The number of hydrogen-bond acceptors (Lipinski definition) is 2. The summed E-state index contributed by atoms with van der Waals surface area (Å²) in [6, 6.07) is 12.3. The molecular weight excluding hydrogens is 297 g/mol. The predicted octanol–water partition coefficient (Wildman–Crippen LogP) is 4.12. The van der Waals surface area contributed by atoms with E-state index < -0.39 is 0 Å². The Kier molecular flexibility index (Phi) is 3.34. The first-order chi connectivity index (χ1) is 9.65. The molecule has 20 heavy (non-hydrogen) atoms. The van der Waals surface area contributed by atoms with Crippen LogP contribution in [0.4, 0.5) is 5.69 Å². The summed E-state index contributed by atoms with van der Waals surface area (Å²) in [5.74, 6) is -0.305. The van der Waals surface area contributed by atoms with Gasteiger partial charge in [0.15, 0.2) is 5.69 Å². The average molecular weight is 306 g/mol. The van der Waals surface area contributed by atoms with E-state index in [4.69, 9.17) is 23.2 Å². The van der Waals surface area contributed by atoms with Gasteiger partial charge < -0.3 is 5.32 Å². The van der Waals surface area contributed by atoms with E-state index in [9.17, 15) is 4.79 Å². The molecule has 3 aromatic rings. The van der Waals surface area contributed by atoms with E-state index in [0.29, 0.717) is 21.4 Å². The molecule has 2 N–H and O–H groups in total. The fraction of sp³-hybridized carbons (Fsp3) is 0. The molecule has 2 aromatic carbocycles. The number of rotatable bonds is 2. The first-order valence-corrected chi connectivity index (χ1v) is 6.60. The summed E-state index contributed by atoms with van der Waals surface area (Å²) in [4.78, 5) is 12.2. The maximum atomic E-state index is 12.2. The fourth-order valence-electron chi connectivity index (χ4n) is 1.90. The number of carbonyl (C=O) groups excluding carboxylic acids is 1. The molecule has 0 bridgehead atoms. The Labute approximate surface area is 124 Å². The quantitative estimate of drug-likeness (QED) is 0.748. The summed E-state index contributed by atoms with van der Waals surface area (Å²) >= 11 is 11.7. The smallest absolute Gasteiger partial charge is 0.276 e. The van der Waals surface area contributed by atoms with Crippen molar-refractivity contribution in [2.75, 3.05) is 5.32 Å². The molecule has 0 atom stereocenters. The Morgan fingerprint density at radius 2 is 1.90 bits per heavy atom. The number of nitrogens with one attached hydrogen (secondary N) is 2. The van der Waals surface area contributed by atoms with Crippen LogP contribution < -0.4 is 5.32 Å². The molecule has 1 amide bonds. The minimum atomic E-state index is -0.305. The second-order valence-corrected chi connectivity index (χ2v) is 5.02. The van der Waals surface area contributed by atoms with E-state index in [1.807, 2.05) is 24.3 Å². The number of anilines is 1. The normalized spacial score (nSPS) is 10.7. The van der Waals surface area contributed by atoms with Gasteiger partial charge in [-0.2, -0.15) is 5.10 Å². The highest BCUT2D eigenvalue weighted by Gasteiger charge is 2.14. The van der Waals surface area contributed by atoms with E-state index in [1.54, 1.807) is 18.2 Å². The fourth-order valence-corrected chi connectivity index (χ4v) is 2.20. The third-order valence-electron chi connectivity index (χ3n) is 2.86. The second kappa shape index (κ2) is 5.15. The number of aromatic nitrogens is 2. The zero-order valence-corrected chi connectivity index (χ0v) is 11.7. The summed E-state index contributed by atoms with van der Waals surface area (Å²) in [7, 11) is 0. The lowest BCUT2D eigenvalue weighted by molar-refractivity contribution is 0.102. The van der Waals surface area contributed by atoms with Crippen LogP contribution in [-0.2, 0) is 0 Å². The number of aromatic amines is 1. The number of benzene rings is 2. The van der Waals surface area contributed by atoms with Gasteiger partial charge >= 0.3 is 0 Å². The molecule has 6 heteroatoms. The van der Waals surface area contributed by atoms with Crippen LogP contribution in [0.3, 0.4) is 0 Å². The SMILES string of the molecule is O=C(Nc1ccc(Cl)c(Cl)c1)c1n[nH]c2ccccc12. The van der Waals surface area contributed by atoms with E-state index in [1.165, 1.54) is 0 Å². The second-order valence-electron chi connectivity index (χ2n) is 4.20. The summed E-state index contributed by atoms with van der Waals surface area (Å²) in [5.41, 5.74) is 1.72. The first kappa shape index (κ1) is 13.0. The van der Waals surface area contributed by atoms with Gasteiger partial charge in [-0.25, -0.2) is 0 Å². The molecule has 100 valence electrons. The van der Waals surface area contributed by atoms with Gasteiger partial charge in [0, 0.05) is 11.1 Å². The number of amides is 1. The lowest BCUT2D eigenvalue weighted by Gasteiger charge is -2.04. The Bertz CT molecular complexity index is 798. The number of H-pyrrole nitrogens is 1. The average Bonchev–Trinajstić information content (AvgIpc) is 2.87. The van der Waals surface area contributed by atoms with Crippen LogP contribution in [0.2, 0.25) is 10.0 Å². The maximum Gasteiger partial charge on any atom is 0.276 e. The van der Waals surface area contributed by atoms with Gasteiger partial charge in [-0.15, -0.1) is 0 Å². The molecule has 0 aliphatic rings. The highest BCUT2D eigenvalue weighted by molar-refractivity contribution is 6.42. The van der Waals surface area contributed by atoms with E-state index in [0.717, 1.165) is 10.9 Å². The maximum absolute atomic E-state index is 12.2. The molecule has 0 fully saturated rings. The molecule has 0 aliphatic carbocycles. The lowest BCUT2D eigenvalue weighted by atomic mass is 10.2. The minimum absolute atomic E-state index is 0.305. The highest BCUT2D eigenvalue weighted by atomic mass is 35.5. The lowest BCUT2D eigenvalue weighted by Crippen LogP contribution is -2.12. The van der Waals surface area contributed by atoms with Crippen molar-refractivity contribution in [3.8, 4) is 0 Å². The van der Waals surface area contributed by atoms with Crippen molar-refractivity contribution >= 4 is 45.7 Å². The van der Waals surface area contributed by atoms with Crippen LogP contribution in [0.5, 0.6) is 0 Å². The summed E-state index contributed by atoms with van der Waals surface area (Å²) in [6.45, 7) is 0. The molecule has 1 aromatic heterocycles. The molecule has 1 heterocycles. The molecule has 0 spiro atoms. The van der Waals surface area contributed by atoms with Crippen LogP contribution in [0.1, 0.15) is 10.5 Å². The number of fused-ring (bicyclic) bond motifs is 1. The highest BCUT2D eigenvalue weighted by Crippen LogP contribution is 2.25. The summed E-state index contributed by atoms with van der Waals surface area (Å²) in [6.07, 6.45) is 0. The van der Waals surface area contributed by atoms with Crippen LogP contribution in [0.25, 0.3) is 10.9 Å². The third-order valence-corrected chi connectivity index (χ3v) is 3.60. The molecule has 0 saturated carbocycles. The van der Waals surface area contributed by atoms with Crippen LogP contribution >= 0.6 is 23.2 Å². The Hall–Kier alpha value is -2.04. The van der Waals surface area contributed by atoms with Crippen molar-refractivity contribution in [2.45, 2.75) is 0 Å². The molecule has 0 aliphatic heterocycles. The predicted molar refractivity (Wildman–Crippen MR) is 80.5 cm³/mol. The van der Waals surface area contributed by atoms with Crippen molar-refractivity contribution in [3.05, 3.63) is 58.2 Å². The van der Waals surface area contributed by atoms with Crippen molar-refractivity contribution in [1.82, 2.24) is 10.2 Å². The number of para-hydroxylation sites is 1. The van der Waals surface area contributed by atoms with Gasteiger partial charge in [-0.3, -0.25) is 9.89 Å². The van der Waals surface area contributed by atoms with Crippen molar-refractivity contribution < 1.29 is 4.79 Å². The summed E-state index contributed by atoms with van der Waals surface area (Å²) < 4.78 is 0. The third kappa shape index (κ3) is 2.35. The molecule has 4 nitrogen and oxygen atoms in total. The summed E-state index contributed by atoms with van der Waals surface area (Å²) in [5, 5.41) is 11.2. The van der Waals surface area contributed by atoms with E-state index in [-0.39, 0.29) is 5.91 Å². The van der Waals surface area contributed by atoms with Crippen molar-refractivity contribution in [2.24, 2.45) is 0 Å². The molecule has 0 unspecified atom stereocenters. The Morgan fingerprint density at radius 1 is 1.10 bits per heavy atom. The Balaban J connectivity index is 1.91. The number of nitrogens with zero attached hydrogens (tertiary/aromatic N) is 1. The zero-order chi connectivity index (χ0) is 14.1.